The predicted molar refractivity (Wildman–Crippen MR) is 125 cm³/mol. The minimum Gasteiger partial charge on any atom is -0.459 e. The summed E-state index contributed by atoms with van der Waals surface area (Å²) in [5, 5.41) is 0. The number of rotatable bonds is 3. The van der Waals surface area contributed by atoms with Crippen LogP contribution in [0.5, 0.6) is 0 Å². The molecule has 0 fully saturated rings. The van der Waals surface area contributed by atoms with E-state index >= 15 is 0 Å². The molecule has 0 atom stereocenters. The van der Waals surface area contributed by atoms with Gasteiger partial charge in [0, 0.05) is 30.2 Å². The van der Waals surface area contributed by atoms with E-state index < -0.39 is 0 Å². The Morgan fingerprint density at radius 2 is 1.65 bits per heavy atom. The Kier molecular flexibility index (Phi) is 4.62. The molecule has 158 valence electrons. The number of hydrogen-bond acceptors (Lipinski definition) is 5. The molecule has 2 aliphatic rings. The summed E-state index contributed by atoms with van der Waals surface area (Å²) in [6.07, 6.45) is -0.154. The van der Waals surface area contributed by atoms with Gasteiger partial charge in [-0.15, -0.1) is 0 Å². The summed E-state index contributed by atoms with van der Waals surface area (Å²) in [6.45, 7) is 8.34. The number of carbonyl (C=O) groups excluding carboxylic acids is 1. The number of carbonyl (C=O) groups is 1. The fourth-order valence-electron chi connectivity index (χ4n) is 4.76. The Morgan fingerprint density at radius 3 is 2.35 bits per heavy atom. The van der Waals surface area contributed by atoms with E-state index in [1.54, 1.807) is 0 Å². The van der Waals surface area contributed by atoms with E-state index in [4.69, 9.17) is 10.5 Å². The van der Waals surface area contributed by atoms with Crippen molar-refractivity contribution < 1.29 is 9.53 Å². The lowest BCUT2D eigenvalue weighted by Gasteiger charge is -2.45. The maximum atomic E-state index is 12.8. The normalized spacial score (nSPS) is 14.3. The molecule has 3 aromatic carbocycles. The Labute approximate surface area is 183 Å². The third-order valence-corrected chi connectivity index (χ3v) is 6.05. The maximum absolute atomic E-state index is 12.8. The SMILES string of the molecule is Cc1cccc(C(=O)OC(C)C)c1-c1ccc2c(c1)CN1CN2Cc2cc(N)ccc21. The molecule has 2 bridgehead atoms. The van der Waals surface area contributed by atoms with Gasteiger partial charge in [-0.3, -0.25) is 0 Å². The Hall–Kier alpha value is -3.47. The van der Waals surface area contributed by atoms with Crippen LogP contribution in [0.25, 0.3) is 11.1 Å². The summed E-state index contributed by atoms with van der Waals surface area (Å²) in [4.78, 5) is 17.5. The van der Waals surface area contributed by atoms with E-state index in [1.807, 2.05) is 45.0 Å². The molecule has 2 heterocycles. The first-order valence-electron chi connectivity index (χ1n) is 10.7. The van der Waals surface area contributed by atoms with Crippen molar-refractivity contribution in [1.82, 2.24) is 0 Å². The van der Waals surface area contributed by atoms with Gasteiger partial charge in [0.2, 0.25) is 0 Å². The van der Waals surface area contributed by atoms with Crippen LogP contribution >= 0.6 is 0 Å². The Morgan fingerprint density at radius 1 is 0.968 bits per heavy atom. The summed E-state index contributed by atoms with van der Waals surface area (Å²) >= 11 is 0. The zero-order valence-electron chi connectivity index (χ0n) is 18.2. The van der Waals surface area contributed by atoms with Crippen molar-refractivity contribution in [2.75, 3.05) is 22.2 Å². The van der Waals surface area contributed by atoms with Gasteiger partial charge in [0.15, 0.2) is 0 Å². The Balaban J connectivity index is 1.55. The molecule has 2 N–H and O–H groups in total. The third kappa shape index (κ3) is 3.40. The molecule has 0 amide bonds. The lowest BCUT2D eigenvalue weighted by Crippen LogP contribution is -2.46. The highest BCUT2D eigenvalue weighted by Crippen LogP contribution is 2.40. The minimum absolute atomic E-state index is 0.154. The lowest BCUT2D eigenvalue weighted by atomic mass is 9.92. The fourth-order valence-corrected chi connectivity index (χ4v) is 4.76. The van der Waals surface area contributed by atoms with Gasteiger partial charge >= 0.3 is 5.97 Å². The van der Waals surface area contributed by atoms with Crippen molar-refractivity contribution in [2.24, 2.45) is 0 Å². The van der Waals surface area contributed by atoms with E-state index in [0.29, 0.717) is 5.56 Å². The first-order chi connectivity index (χ1) is 14.9. The molecule has 5 heteroatoms. The van der Waals surface area contributed by atoms with Crippen molar-refractivity contribution in [3.63, 3.8) is 0 Å². The van der Waals surface area contributed by atoms with Crippen molar-refractivity contribution in [1.29, 1.82) is 0 Å². The molecule has 3 aromatic rings. The lowest BCUT2D eigenvalue weighted by molar-refractivity contribution is 0.0379. The number of esters is 1. The molecular formula is C26H27N3O2. The highest BCUT2D eigenvalue weighted by molar-refractivity contribution is 5.98. The molecule has 5 rings (SSSR count). The molecule has 0 saturated heterocycles. The number of hydrogen-bond donors (Lipinski definition) is 1. The highest BCUT2D eigenvalue weighted by Gasteiger charge is 2.30. The number of anilines is 3. The molecule has 31 heavy (non-hydrogen) atoms. The van der Waals surface area contributed by atoms with Crippen LogP contribution in [-0.2, 0) is 17.8 Å². The van der Waals surface area contributed by atoms with Gasteiger partial charge in [0.05, 0.1) is 18.3 Å². The van der Waals surface area contributed by atoms with Gasteiger partial charge in [0.25, 0.3) is 0 Å². The van der Waals surface area contributed by atoms with Gasteiger partial charge in [-0.05, 0) is 85.0 Å². The second-order valence-corrected chi connectivity index (χ2v) is 8.72. The summed E-state index contributed by atoms with van der Waals surface area (Å²) in [5.41, 5.74) is 15.5. The number of aryl methyl sites for hydroxylation is 1. The molecular weight excluding hydrogens is 386 g/mol. The van der Waals surface area contributed by atoms with E-state index in [1.165, 1.54) is 22.5 Å². The number of fused-ring (bicyclic) bond motifs is 6. The van der Waals surface area contributed by atoms with Crippen LogP contribution in [0.15, 0.2) is 54.6 Å². The molecule has 0 unspecified atom stereocenters. The van der Waals surface area contributed by atoms with Crippen LogP contribution in [0.1, 0.15) is 40.9 Å². The zero-order chi connectivity index (χ0) is 21.7. The van der Waals surface area contributed by atoms with Gasteiger partial charge in [0.1, 0.15) is 0 Å². The third-order valence-electron chi connectivity index (χ3n) is 6.05. The summed E-state index contributed by atoms with van der Waals surface area (Å²) in [5.74, 6) is -0.276. The van der Waals surface area contributed by atoms with Crippen LogP contribution in [0, 0.1) is 6.92 Å². The summed E-state index contributed by atoms with van der Waals surface area (Å²) < 4.78 is 5.51. The van der Waals surface area contributed by atoms with Gasteiger partial charge in [-0.2, -0.15) is 0 Å². The Bertz CT molecular complexity index is 1190. The quantitative estimate of drug-likeness (QED) is 0.478. The average molecular weight is 414 g/mol. The minimum atomic E-state index is -0.276. The first-order valence-corrected chi connectivity index (χ1v) is 10.7. The van der Waals surface area contributed by atoms with Crippen LogP contribution in [0.2, 0.25) is 0 Å². The fraction of sp³-hybridized carbons (Fsp3) is 0.269. The van der Waals surface area contributed by atoms with Crippen LogP contribution < -0.4 is 15.5 Å². The first kappa shape index (κ1) is 19.5. The van der Waals surface area contributed by atoms with Crippen molar-refractivity contribution >= 4 is 23.0 Å². The number of nitrogens with two attached hydrogens (primary N) is 1. The maximum Gasteiger partial charge on any atom is 0.339 e. The van der Waals surface area contributed by atoms with Crippen molar-refractivity contribution in [2.45, 2.75) is 40.0 Å². The summed E-state index contributed by atoms with van der Waals surface area (Å²) in [6, 6.07) is 18.5. The number of benzene rings is 3. The monoisotopic (exact) mass is 413 g/mol. The van der Waals surface area contributed by atoms with Gasteiger partial charge < -0.3 is 20.3 Å². The topological polar surface area (TPSA) is 58.8 Å². The molecule has 0 radical (unpaired) electrons. The predicted octanol–water partition coefficient (Wildman–Crippen LogP) is 5.11. The van der Waals surface area contributed by atoms with Crippen LogP contribution in [-0.4, -0.2) is 18.7 Å². The van der Waals surface area contributed by atoms with Crippen molar-refractivity contribution in [3.05, 3.63) is 76.9 Å². The van der Waals surface area contributed by atoms with E-state index in [0.717, 1.165) is 42.1 Å². The largest absolute Gasteiger partial charge is 0.459 e. The number of ether oxygens (including phenoxy) is 1. The van der Waals surface area contributed by atoms with Crippen molar-refractivity contribution in [3.8, 4) is 11.1 Å². The summed E-state index contributed by atoms with van der Waals surface area (Å²) in [7, 11) is 0. The molecule has 5 nitrogen and oxygen atoms in total. The van der Waals surface area contributed by atoms with E-state index in [9.17, 15) is 4.79 Å². The van der Waals surface area contributed by atoms with Gasteiger partial charge in [-0.1, -0.05) is 18.2 Å². The second kappa shape index (κ2) is 7.34. The second-order valence-electron chi connectivity index (χ2n) is 8.72. The zero-order valence-corrected chi connectivity index (χ0v) is 18.2. The van der Waals surface area contributed by atoms with Crippen LogP contribution in [0.4, 0.5) is 17.1 Å². The molecule has 2 aliphatic heterocycles. The molecule has 0 spiro atoms. The molecule has 0 aliphatic carbocycles. The smallest absolute Gasteiger partial charge is 0.339 e. The number of nitrogen functional groups attached to an aromatic ring is 1. The molecule has 0 saturated carbocycles. The van der Waals surface area contributed by atoms with Crippen LogP contribution in [0.3, 0.4) is 0 Å². The standard InChI is InChI=1S/C26H27N3O2/c1-16(2)31-26(30)22-6-4-5-17(3)25(22)18-7-9-23-19(11-18)13-28-15-29(23)14-20-12-21(27)8-10-24(20)28/h4-12,16H,13-15,27H2,1-3H3. The van der Waals surface area contributed by atoms with Gasteiger partial charge in [-0.25, -0.2) is 4.79 Å². The average Bonchev–Trinajstić information content (AvgIpc) is 2.72. The molecule has 0 aromatic heterocycles. The highest BCUT2D eigenvalue weighted by atomic mass is 16.5. The number of nitrogens with zero attached hydrogens (tertiary/aromatic N) is 2. The van der Waals surface area contributed by atoms with E-state index in [-0.39, 0.29) is 12.1 Å². The van der Waals surface area contributed by atoms with E-state index in [2.05, 4.69) is 40.1 Å².